The molecule has 0 saturated carbocycles. The molecule has 0 aromatic heterocycles. The van der Waals surface area contributed by atoms with Crippen LogP contribution in [-0.2, 0) is 16.1 Å². The van der Waals surface area contributed by atoms with Crippen molar-refractivity contribution in [1.82, 2.24) is 4.90 Å². The normalized spacial score (nSPS) is 14.0. The van der Waals surface area contributed by atoms with Crippen LogP contribution in [0.15, 0.2) is 30.3 Å². The van der Waals surface area contributed by atoms with Crippen LogP contribution in [0.25, 0.3) is 0 Å². The van der Waals surface area contributed by atoms with Crippen LogP contribution >= 0.6 is 0 Å². The average molecular weight is 309 g/mol. The summed E-state index contributed by atoms with van der Waals surface area (Å²) in [6.45, 7) is 6.47. The maximum atomic E-state index is 12.3. The van der Waals surface area contributed by atoms with Gasteiger partial charge in [-0.1, -0.05) is 30.3 Å². The van der Waals surface area contributed by atoms with Crippen molar-refractivity contribution in [3.8, 4) is 0 Å². The molecule has 1 aromatic rings. The van der Waals surface area contributed by atoms with Crippen molar-refractivity contribution in [3.05, 3.63) is 35.9 Å². The standard InChI is InChI=1S/C16H23NO5/c1-11(18)13(14(19)20)17(15(21)22-16(2,3)4)10-12-8-6-5-7-9-12/h5-9,11,13,18H,10H2,1-4H3,(H,19,20)/t11-,13+/m1/s1. The summed E-state index contributed by atoms with van der Waals surface area (Å²) < 4.78 is 5.27. The number of nitrogens with zero attached hydrogens (tertiary/aromatic N) is 1. The molecule has 0 aliphatic rings. The van der Waals surface area contributed by atoms with Crippen LogP contribution in [0.2, 0.25) is 0 Å². The quantitative estimate of drug-likeness (QED) is 0.871. The number of carboxylic acid groups (broad SMARTS) is 1. The largest absolute Gasteiger partial charge is 0.480 e. The molecule has 0 aliphatic carbocycles. The minimum Gasteiger partial charge on any atom is -0.480 e. The van der Waals surface area contributed by atoms with Gasteiger partial charge < -0.3 is 14.9 Å². The lowest BCUT2D eigenvalue weighted by atomic mass is 10.1. The van der Waals surface area contributed by atoms with Gasteiger partial charge in [-0.2, -0.15) is 0 Å². The molecule has 0 saturated heterocycles. The minimum atomic E-state index is -1.38. The maximum absolute atomic E-state index is 12.3. The van der Waals surface area contributed by atoms with Crippen molar-refractivity contribution >= 4 is 12.1 Å². The molecule has 6 heteroatoms. The van der Waals surface area contributed by atoms with Crippen LogP contribution in [0.1, 0.15) is 33.3 Å². The lowest BCUT2D eigenvalue weighted by molar-refractivity contribution is -0.147. The van der Waals surface area contributed by atoms with Crippen molar-refractivity contribution in [2.45, 2.75) is 52.0 Å². The van der Waals surface area contributed by atoms with Gasteiger partial charge in [-0.05, 0) is 33.3 Å². The molecule has 1 aromatic carbocycles. The lowest BCUT2D eigenvalue weighted by Gasteiger charge is -2.32. The van der Waals surface area contributed by atoms with Crippen LogP contribution in [-0.4, -0.2) is 44.9 Å². The number of aliphatic hydroxyl groups excluding tert-OH is 1. The fourth-order valence-electron chi connectivity index (χ4n) is 1.98. The zero-order valence-corrected chi connectivity index (χ0v) is 13.3. The highest BCUT2D eigenvalue weighted by molar-refractivity contribution is 5.80. The Morgan fingerprint density at radius 1 is 1.23 bits per heavy atom. The van der Waals surface area contributed by atoms with Gasteiger partial charge in [0, 0.05) is 0 Å². The molecule has 2 atom stereocenters. The molecule has 0 aliphatic heterocycles. The van der Waals surface area contributed by atoms with Gasteiger partial charge in [0.25, 0.3) is 0 Å². The summed E-state index contributed by atoms with van der Waals surface area (Å²) in [6, 6.07) is 7.58. The molecular weight excluding hydrogens is 286 g/mol. The maximum Gasteiger partial charge on any atom is 0.411 e. The number of amides is 1. The molecule has 0 heterocycles. The smallest absolute Gasteiger partial charge is 0.411 e. The molecule has 0 radical (unpaired) electrons. The van der Waals surface area contributed by atoms with E-state index in [1.807, 2.05) is 6.07 Å². The minimum absolute atomic E-state index is 0.0393. The molecule has 1 amide bonds. The second kappa shape index (κ2) is 7.26. The van der Waals surface area contributed by atoms with Gasteiger partial charge in [0.05, 0.1) is 12.6 Å². The van der Waals surface area contributed by atoms with Crippen LogP contribution in [0, 0.1) is 0 Å². The van der Waals surface area contributed by atoms with Gasteiger partial charge in [0.2, 0.25) is 0 Å². The molecule has 0 bridgehead atoms. The predicted octanol–water partition coefficient (Wildman–Crippen LogP) is 2.26. The summed E-state index contributed by atoms with van der Waals surface area (Å²) in [5.74, 6) is -1.28. The SMILES string of the molecule is C[C@@H](O)[C@@H](C(=O)O)N(Cc1ccccc1)C(=O)OC(C)(C)C. The Hall–Kier alpha value is -2.08. The molecule has 2 N–H and O–H groups in total. The Bertz CT molecular complexity index is 507. The Labute approximate surface area is 130 Å². The van der Waals surface area contributed by atoms with Gasteiger partial charge in [0.1, 0.15) is 5.60 Å². The first-order chi connectivity index (χ1) is 10.1. The van der Waals surface area contributed by atoms with Crippen LogP contribution in [0.4, 0.5) is 4.79 Å². The van der Waals surface area contributed by atoms with E-state index in [1.165, 1.54) is 6.92 Å². The zero-order valence-electron chi connectivity index (χ0n) is 13.3. The molecule has 0 spiro atoms. The van der Waals surface area contributed by atoms with Gasteiger partial charge in [-0.25, -0.2) is 9.59 Å². The Morgan fingerprint density at radius 3 is 2.18 bits per heavy atom. The highest BCUT2D eigenvalue weighted by atomic mass is 16.6. The highest BCUT2D eigenvalue weighted by Gasteiger charge is 2.36. The van der Waals surface area contributed by atoms with E-state index in [4.69, 9.17) is 4.74 Å². The number of carboxylic acids is 1. The predicted molar refractivity (Wildman–Crippen MR) is 81.3 cm³/mol. The summed E-state index contributed by atoms with van der Waals surface area (Å²) in [4.78, 5) is 24.8. The van der Waals surface area contributed by atoms with Crippen molar-refractivity contribution in [2.24, 2.45) is 0 Å². The summed E-state index contributed by atoms with van der Waals surface area (Å²) in [7, 11) is 0. The third-order valence-electron chi connectivity index (χ3n) is 2.87. The number of benzene rings is 1. The van der Waals surface area contributed by atoms with E-state index < -0.39 is 29.8 Å². The number of hydrogen-bond acceptors (Lipinski definition) is 4. The third-order valence-corrected chi connectivity index (χ3v) is 2.87. The summed E-state index contributed by atoms with van der Waals surface area (Å²) in [6.07, 6.45) is -2.00. The topological polar surface area (TPSA) is 87.1 Å². The molecule has 6 nitrogen and oxygen atoms in total. The Morgan fingerprint density at radius 2 is 1.77 bits per heavy atom. The van der Waals surface area contributed by atoms with E-state index in [9.17, 15) is 19.8 Å². The first-order valence-electron chi connectivity index (χ1n) is 7.06. The number of ether oxygens (including phenoxy) is 1. The van der Waals surface area contributed by atoms with E-state index in [0.717, 1.165) is 10.5 Å². The van der Waals surface area contributed by atoms with Crippen LogP contribution in [0.3, 0.4) is 0 Å². The van der Waals surface area contributed by atoms with Gasteiger partial charge in [-0.15, -0.1) is 0 Å². The zero-order chi connectivity index (χ0) is 16.9. The first-order valence-corrected chi connectivity index (χ1v) is 7.06. The second-order valence-electron chi connectivity index (χ2n) is 6.12. The highest BCUT2D eigenvalue weighted by Crippen LogP contribution is 2.17. The summed E-state index contributed by atoms with van der Waals surface area (Å²) in [5.41, 5.74) is -0.00594. The number of aliphatic carboxylic acids is 1. The average Bonchev–Trinajstić information content (AvgIpc) is 2.36. The van der Waals surface area contributed by atoms with Crippen LogP contribution < -0.4 is 0 Å². The molecule has 22 heavy (non-hydrogen) atoms. The van der Waals surface area contributed by atoms with E-state index in [2.05, 4.69) is 0 Å². The molecule has 0 unspecified atom stereocenters. The van der Waals surface area contributed by atoms with Crippen molar-refractivity contribution < 1.29 is 24.5 Å². The van der Waals surface area contributed by atoms with Gasteiger partial charge in [0.15, 0.2) is 6.04 Å². The molecule has 122 valence electrons. The number of carbonyl (C=O) groups is 2. The Kier molecular flexibility index (Phi) is 5.93. The fourth-order valence-corrected chi connectivity index (χ4v) is 1.98. The molecule has 1 rings (SSSR count). The number of carbonyl (C=O) groups excluding carboxylic acids is 1. The third kappa shape index (κ3) is 5.37. The van der Waals surface area contributed by atoms with E-state index in [0.29, 0.717) is 0 Å². The summed E-state index contributed by atoms with van der Waals surface area (Å²) in [5, 5.41) is 19.1. The molecular formula is C16H23NO5. The fraction of sp³-hybridized carbons (Fsp3) is 0.500. The second-order valence-corrected chi connectivity index (χ2v) is 6.12. The lowest BCUT2D eigenvalue weighted by Crippen LogP contribution is -2.51. The Balaban J connectivity index is 3.08. The number of rotatable bonds is 5. The van der Waals surface area contributed by atoms with E-state index >= 15 is 0 Å². The van der Waals surface area contributed by atoms with Crippen molar-refractivity contribution in [1.29, 1.82) is 0 Å². The van der Waals surface area contributed by atoms with E-state index in [1.54, 1.807) is 45.0 Å². The molecule has 0 fully saturated rings. The van der Waals surface area contributed by atoms with Crippen molar-refractivity contribution in [2.75, 3.05) is 0 Å². The van der Waals surface area contributed by atoms with Crippen LogP contribution in [0.5, 0.6) is 0 Å². The number of aliphatic hydroxyl groups is 1. The van der Waals surface area contributed by atoms with E-state index in [-0.39, 0.29) is 6.54 Å². The monoisotopic (exact) mass is 309 g/mol. The summed E-state index contributed by atoms with van der Waals surface area (Å²) >= 11 is 0. The number of hydrogen-bond donors (Lipinski definition) is 2. The first kappa shape index (κ1) is 18.0. The van der Waals surface area contributed by atoms with Gasteiger partial charge in [-0.3, -0.25) is 4.90 Å². The van der Waals surface area contributed by atoms with Crippen molar-refractivity contribution in [3.63, 3.8) is 0 Å². The van der Waals surface area contributed by atoms with Gasteiger partial charge >= 0.3 is 12.1 Å².